The molecule has 1 aromatic carbocycles. The molecule has 0 N–H and O–H groups in total. The van der Waals surface area contributed by atoms with Gasteiger partial charge >= 0.3 is 0 Å². The Balaban J connectivity index is 2.04. The molecular weight excluding hydrogens is 230 g/mol. The molecule has 0 aliphatic carbocycles. The van der Waals surface area contributed by atoms with Gasteiger partial charge in [0.05, 0.1) is 12.7 Å². The average Bonchev–Trinajstić information content (AvgIpc) is 2.91. The zero-order valence-corrected chi connectivity index (χ0v) is 9.81. The quantitative estimate of drug-likeness (QED) is 0.694. The second-order valence-electron chi connectivity index (χ2n) is 4.00. The van der Waals surface area contributed by atoms with Gasteiger partial charge < -0.3 is 4.90 Å². The molecule has 2 aromatic rings. The molecule has 17 heavy (non-hydrogen) atoms. The van der Waals surface area contributed by atoms with Gasteiger partial charge in [-0.3, -0.25) is 4.99 Å². The van der Waals surface area contributed by atoms with E-state index in [2.05, 4.69) is 39.2 Å². The Morgan fingerprint density at radius 2 is 2.18 bits per heavy atom. The molecule has 0 radical (unpaired) electrons. The first kappa shape index (κ1) is 9.13. The lowest BCUT2D eigenvalue weighted by atomic mass is 10.2. The fraction of sp³-hybridized carbons (Fsp3) is 0.0769. The first-order valence-electron chi connectivity index (χ1n) is 5.48. The van der Waals surface area contributed by atoms with Crippen LogP contribution in [0, 0.1) is 0 Å². The fourth-order valence-electron chi connectivity index (χ4n) is 2.23. The molecule has 3 heterocycles. The minimum absolute atomic E-state index is 0.842. The van der Waals surface area contributed by atoms with Crippen molar-refractivity contribution in [2.45, 2.75) is 0 Å². The highest BCUT2D eigenvalue weighted by molar-refractivity contribution is 7.23. The summed E-state index contributed by atoms with van der Waals surface area (Å²) in [5.41, 5.74) is 1.21. The van der Waals surface area contributed by atoms with Gasteiger partial charge in [0.1, 0.15) is 5.00 Å². The lowest BCUT2D eigenvalue weighted by Crippen LogP contribution is -2.17. The van der Waals surface area contributed by atoms with Crippen molar-refractivity contribution in [3.63, 3.8) is 0 Å². The van der Waals surface area contributed by atoms with Gasteiger partial charge in [0.2, 0.25) is 0 Å². The number of anilines is 1. The Morgan fingerprint density at radius 1 is 1.24 bits per heavy atom. The fourth-order valence-corrected chi connectivity index (χ4v) is 3.42. The average molecular weight is 239 g/mol. The predicted molar refractivity (Wildman–Crippen MR) is 73.3 cm³/mol. The lowest BCUT2D eigenvalue weighted by molar-refractivity contribution is 1.09. The van der Waals surface area contributed by atoms with Crippen LogP contribution >= 0.6 is 11.3 Å². The van der Waals surface area contributed by atoms with Crippen LogP contribution in [-0.2, 0) is 0 Å². The van der Waals surface area contributed by atoms with E-state index in [1.165, 1.54) is 20.7 Å². The van der Waals surface area contributed by atoms with Crippen LogP contribution in [-0.4, -0.2) is 19.0 Å². The van der Waals surface area contributed by atoms with E-state index < -0.39 is 0 Å². The molecular formula is C13H9N3S. The van der Waals surface area contributed by atoms with Crippen molar-refractivity contribution in [3.05, 3.63) is 41.8 Å². The third kappa shape index (κ3) is 1.21. The molecule has 2 aliphatic rings. The van der Waals surface area contributed by atoms with E-state index >= 15 is 0 Å². The number of benzene rings is 1. The largest absolute Gasteiger partial charge is 0.311 e. The topological polar surface area (TPSA) is 28.0 Å². The molecule has 0 spiro atoms. The summed E-state index contributed by atoms with van der Waals surface area (Å²) in [6.45, 7) is 0.842. The number of thiophene rings is 1. The Hall–Kier alpha value is -1.94. The Kier molecular flexibility index (Phi) is 1.76. The monoisotopic (exact) mass is 239 g/mol. The van der Waals surface area contributed by atoms with E-state index in [1.54, 1.807) is 11.3 Å². The number of rotatable bonds is 0. The van der Waals surface area contributed by atoms with Crippen molar-refractivity contribution >= 4 is 38.9 Å². The highest BCUT2D eigenvalue weighted by Gasteiger charge is 2.23. The molecule has 4 rings (SSSR count). The van der Waals surface area contributed by atoms with Crippen LogP contribution in [0.4, 0.5) is 5.00 Å². The van der Waals surface area contributed by atoms with E-state index in [4.69, 9.17) is 0 Å². The SMILES string of the molecule is C1=NC=C2N=CCN2c2sc3ccccc3c21. The smallest absolute Gasteiger partial charge is 0.152 e. The maximum absolute atomic E-state index is 4.34. The first-order valence-corrected chi connectivity index (χ1v) is 6.30. The summed E-state index contributed by atoms with van der Waals surface area (Å²) in [5.74, 6) is 0.937. The summed E-state index contributed by atoms with van der Waals surface area (Å²) in [7, 11) is 0. The summed E-state index contributed by atoms with van der Waals surface area (Å²) in [6.07, 6.45) is 5.70. The van der Waals surface area contributed by atoms with Gasteiger partial charge in [-0.25, -0.2) is 4.99 Å². The van der Waals surface area contributed by atoms with E-state index in [1.807, 2.05) is 18.6 Å². The Morgan fingerprint density at radius 3 is 3.18 bits per heavy atom. The maximum atomic E-state index is 4.34. The molecule has 2 aliphatic heterocycles. The van der Waals surface area contributed by atoms with Crippen LogP contribution < -0.4 is 4.90 Å². The van der Waals surface area contributed by atoms with Crippen molar-refractivity contribution in [3.8, 4) is 0 Å². The van der Waals surface area contributed by atoms with Gasteiger partial charge in [0, 0.05) is 28.1 Å². The molecule has 0 bridgehead atoms. The van der Waals surface area contributed by atoms with Crippen molar-refractivity contribution in [2.75, 3.05) is 11.4 Å². The summed E-state index contributed by atoms with van der Waals surface area (Å²) in [6, 6.07) is 8.46. The lowest BCUT2D eigenvalue weighted by Gasteiger charge is -2.15. The summed E-state index contributed by atoms with van der Waals surface area (Å²) in [4.78, 5) is 10.9. The van der Waals surface area contributed by atoms with Crippen molar-refractivity contribution in [2.24, 2.45) is 9.98 Å². The first-order chi connectivity index (χ1) is 8.43. The van der Waals surface area contributed by atoms with E-state index in [-0.39, 0.29) is 0 Å². The number of aliphatic imine (C=N–C) groups is 2. The van der Waals surface area contributed by atoms with E-state index in [0.29, 0.717) is 0 Å². The van der Waals surface area contributed by atoms with Gasteiger partial charge in [0.25, 0.3) is 0 Å². The van der Waals surface area contributed by atoms with Crippen molar-refractivity contribution in [1.82, 2.24) is 0 Å². The van der Waals surface area contributed by atoms with Crippen molar-refractivity contribution in [1.29, 1.82) is 0 Å². The molecule has 1 aromatic heterocycles. The van der Waals surface area contributed by atoms with Gasteiger partial charge in [0.15, 0.2) is 5.82 Å². The third-order valence-corrected chi connectivity index (χ3v) is 4.23. The van der Waals surface area contributed by atoms with Crippen LogP contribution in [0.3, 0.4) is 0 Å². The third-order valence-electron chi connectivity index (χ3n) is 3.02. The maximum Gasteiger partial charge on any atom is 0.152 e. The minimum atomic E-state index is 0.842. The zero-order valence-electron chi connectivity index (χ0n) is 9.00. The molecule has 82 valence electrons. The van der Waals surface area contributed by atoms with E-state index in [9.17, 15) is 0 Å². The summed E-state index contributed by atoms with van der Waals surface area (Å²) >= 11 is 1.80. The van der Waals surface area contributed by atoms with Gasteiger partial charge in [-0.1, -0.05) is 18.2 Å². The van der Waals surface area contributed by atoms with Gasteiger partial charge in [-0.15, -0.1) is 11.3 Å². The van der Waals surface area contributed by atoms with Crippen LogP contribution in [0.5, 0.6) is 0 Å². The second-order valence-corrected chi connectivity index (χ2v) is 5.04. The summed E-state index contributed by atoms with van der Waals surface area (Å²) in [5, 5.41) is 2.52. The molecule has 0 fully saturated rings. The number of hydrogen-bond donors (Lipinski definition) is 0. The Labute approximate surface area is 102 Å². The molecule has 0 saturated carbocycles. The number of fused-ring (bicyclic) bond motifs is 5. The Bertz CT molecular complexity index is 694. The van der Waals surface area contributed by atoms with Crippen LogP contribution in [0.25, 0.3) is 10.1 Å². The van der Waals surface area contributed by atoms with Crippen LogP contribution in [0.1, 0.15) is 5.56 Å². The van der Waals surface area contributed by atoms with Crippen LogP contribution in [0.2, 0.25) is 0 Å². The standard InChI is InChI=1S/C13H9N3S/c1-2-4-11-9(3-1)10-7-14-8-12-15-5-6-16(12)13(10)17-11/h1-5,7-8H,6H2. The van der Waals surface area contributed by atoms with Crippen LogP contribution in [0.15, 0.2) is 46.3 Å². The highest BCUT2D eigenvalue weighted by atomic mass is 32.1. The highest BCUT2D eigenvalue weighted by Crippen LogP contribution is 2.40. The summed E-state index contributed by atoms with van der Waals surface area (Å²) < 4.78 is 1.30. The molecule has 0 atom stereocenters. The minimum Gasteiger partial charge on any atom is -0.311 e. The second kappa shape index (κ2) is 3.28. The zero-order chi connectivity index (χ0) is 11.2. The molecule has 3 nitrogen and oxygen atoms in total. The number of hydrogen-bond acceptors (Lipinski definition) is 4. The molecule has 0 unspecified atom stereocenters. The van der Waals surface area contributed by atoms with Crippen molar-refractivity contribution < 1.29 is 0 Å². The molecule has 0 saturated heterocycles. The van der Waals surface area contributed by atoms with E-state index in [0.717, 1.165) is 12.4 Å². The molecule has 0 amide bonds. The number of nitrogens with zero attached hydrogens (tertiary/aromatic N) is 3. The molecule has 4 heteroatoms. The predicted octanol–water partition coefficient (Wildman–Crippen LogP) is 3.02. The normalized spacial score (nSPS) is 16.9. The van der Waals surface area contributed by atoms with Gasteiger partial charge in [-0.2, -0.15) is 0 Å². The van der Waals surface area contributed by atoms with Gasteiger partial charge in [-0.05, 0) is 6.07 Å².